The van der Waals surface area contributed by atoms with Crippen molar-refractivity contribution in [3.63, 3.8) is 0 Å². The summed E-state index contributed by atoms with van der Waals surface area (Å²) in [5.74, 6) is -0.0120. The second kappa shape index (κ2) is 4.58. The average Bonchev–Trinajstić information content (AvgIpc) is 2.38. The second-order valence-electron chi connectivity index (χ2n) is 4.35. The fourth-order valence-corrected chi connectivity index (χ4v) is 2.32. The third-order valence-corrected chi connectivity index (χ3v) is 3.38. The molecule has 0 spiro atoms. The Morgan fingerprint density at radius 1 is 1.47 bits per heavy atom. The van der Waals surface area contributed by atoms with Crippen molar-refractivity contribution in [2.75, 3.05) is 6.54 Å². The zero-order valence-corrected chi connectivity index (χ0v) is 10.1. The maximum atomic E-state index is 12.1. The van der Waals surface area contributed by atoms with Gasteiger partial charge in [0.05, 0.1) is 6.04 Å². The van der Waals surface area contributed by atoms with Crippen LogP contribution in [0.2, 0.25) is 0 Å². The van der Waals surface area contributed by atoms with E-state index >= 15 is 0 Å². The fraction of sp³-hybridized carbons (Fsp3) is 0.267. The predicted molar refractivity (Wildman–Crippen MR) is 69.6 cm³/mol. The number of hydrogen-bond donors (Lipinski definition) is 0. The van der Waals surface area contributed by atoms with E-state index < -0.39 is 0 Å². The van der Waals surface area contributed by atoms with E-state index in [1.165, 1.54) is 17.2 Å². The lowest BCUT2D eigenvalue weighted by Gasteiger charge is -2.35. The monoisotopic (exact) mass is 227 g/mol. The van der Waals surface area contributed by atoms with Gasteiger partial charge in [-0.05, 0) is 24.5 Å². The highest BCUT2D eigenvalue weighted by Gasteiger charge is 2.27. The molecule has 0 aliphatic carbocycles. The minimum atomic E-state index is -0.0120. The van der Waals surface area contributed by atoms with Gasteiger partial charge in [0, 0.05) is 12.1 Å². The van der Waals surface area contributed by atoms with Crippen LogP contribution in [0.1, 0.15) is 24.1 Å². The number of rotatable bonds is 2. The number of carbonyl (C=O) groups is 1. The average molecular weight is 227 g/mol. The van der Waals surface area contributed by atoms with Gasteiger partial charge < -0.3 is 4.90 Å². The minimum absolute atomic E-state index is 0.0120. The standard InChI is InChI=1S/C15H17NO/c1-4-11(2)15(17)16-10-9-13-7-5-6-8-14(13)12(16)3/h4-8,12H,1-2,9-10H2,3H3/t12-/m1/s1. The van der Waals surface area contributed by atoms with E-state index in [4.69, 9.17) is 0 Å². The van der Waals surface area contributed by atoms with Crippen molar-refractivity contribution in [2.24, 2.45) is 0 Å². The van der Waals surface area contributed by atoms with Gasteiger partial charge in [-0.2, -0.15) is 0 Å². The van der Waals surface area contributed by atoms with Crippen molar-refractivity contribution in [2.45, 2.75) is 19.4 Å². The Morgan fingerprint density at radius 2 is 2.18 bits per heavy atom. The Labute approximate surface area is 102 Å². The molecule has 0 radical (unpaired) electrons. The van der Waals surface area contributed by atoms with Crippen LogP contribution in [0.3, 0.4) is 0 Å². The van der Waals surface area contributed by atoms with Crippen molar-refractivity contribution >= 4 is 5.91 Å². The first-order valence-corrected chi connectivity index (χ1v) is 5.85. The van der Waals surface area contributed by atoms with E-state index in [0.717, 1.165) is 13.0 Å². The number of nitrogens with zero attached hydrogens (tertiary/aromatic N) is 1. The maximum Gasteiger partial charge on any atom is 0.253 e. The molecule has 1 aromatic rings. The van der Waals surface area contributed by atoms with Gasteiger partial charge in [0.1, 0.15) is 0 Å². The molecule has 1 aromatic carbocycles. The summed E-state index contributed by atoms with van der Waals surface area (Å²) in [7, 11) is 0. The van der Waals surface area contributed by atoms with Crippen LogP contribution in [-0.2, 0) is 11.2 Å². The lowest BCUT2D eigenvalue weighted by molar-refractivity contribution is -0.129. The molecule has 0 aromatic heterocycles. The zero-order chi connectivity index (χ0) is 12.4. The van der Waals surface area contributed by atoms with Gasteiger partial charge in [-0.15, -0.1) is 0 Å². The van der Waals surface area contributed by atoms with Crippen LogP contribution in [0, 0.1) is 0 Å². The molecule has 2 rings (SSSR count). The van der Waals surface area contributed by atoms with Crippen LogP contribution in [0.4, 0.5) is 0 Å². The largest absolute Gasteiger partial charge is 0.332 e. The second-order valence-corrected chi connectivity index (χ2v) is 4.35. The number of hydrogen-bond acceptors (Lipinski definition) is 1. The van der Waals surface area contributed by atoms with Crippen LogP contribution < -0.4 is 0 Å². The SMILES string of the molecule is C=CC(=C)C(=O)N1CCc2ccccc2[C@H]1C. The highest BCUT2D eigenvalue weighted by atomic mass is 16.2. The van der Waals surface area contributed by atoms with Crippen LogP contribution in [0.15, 0.2) is 49.1 Å². The molecule has 1 aliphatic heterocycles. The molecule has 17 heavy (non-hydrogen) atoms. The van der Waals surface area contributed by atoms with Crippen molar-refractivity contribution in [1.82, 2.24) is 4.90 Å². The first-order valence-electron chi connectivity index (χ1n) is 5.85. The summed E-state index contributed by atoms with van der Waals surface area (Å²) in [5, 5.41) is 0. The molecule has 0 saturated heterocycles. The molecule has 1 amide bonds. The van der Waals surface area contributed by atoms with Gasteiger partial charge in [0.15, 0.2) is 0 Å². The quantitative estimate of drug-likeness (QED) is 0.562. The van der Waals surface area contributed by atoms with Gasteiger partial charge in [-0.1, -0.05) is 43.5 Å². The number of amides is 1. The molecule has 2 heteroatoms. The zero-order valence-electron chi connectivity index (χ0n) is 10.1. The van der Waals surface area contributed by atoms with Crippen molar-refractivity contribution < 1.29 is 4.79 Å². The fourth-order valence-electron chi connectivity index (χ4n) is 2.32. The summed E-state index contributed by atoms with van der Waals surface area (Å²) in [5.41, 5.74) is 3.05. The van der Waals surface area contributed by atoms with Gasteiger partial charge in [0.25, 0.3) is 5.91 Å². The van der Waals surface area contributed by atoms with Gasteiger partial charge in [-0.3, -0.25) is 4.79 Å². The first kappa shape index (κ1) is 11.6. The Morgan fingerprint density at radius 3 is 2.88 bits per heavy atom. The molecule has 88 valence electrons. The molecule has 0 unspecified atom stereocenters. The molecule has 1 atom stereocenters. The molecule has 0 N–H and O–H groups in total. The van der Waals surface area contributed by atoms with E-state index in [9.17, 15) is 4.79 Å². The molecule has 0 saturated carbocycles. The van der Waals surface area contributed by atoms with E-state index in [2.05, 4.69) is 32.2 Å². The van der Waals surface area contributed by atoms with Gasteiger partial charge in [0.2, 0.25) is 0 Å². The normalized spacial score (nSPS) is 18.4. The minimum Gasteiger partial charge on any atom is -0.332 e. The highest BCUT2D eigenvalue weighted by molar-refractivity contribution is 5.95. The number of fused-ring (bicyclic) bond motifs is 1. The van der Waals surface area contributed by atoms with E-state index in [1.807, 2.05) is 17.0 Å². The van der Waals surface area contributed by atoms with Crippen LogP contribution >= 0.6 is 0 Å². The molecule has 1 aliphatic rings. The summed E-state index contributed by atoms with van der Waals surface area (Å²) in [6, 6.07) is 8.41. The molecular formula is C15H17NO. The summed E-state index contributed by atoms with van der Waals surface area (Å²) < 4.78 is 0. The first-order chi connectivity index (χ1) is 8.15. The Hall–Kier alpha value is -1.83. The lowest BCUT2D eigenvalue weighted by atomic mass is 9.93. The summed E-state index contributed by atoms with van der Waals surface area (Å²) >= 11 is 0. The molecule has 1 heterocycles. The topological polar surface area (TPSA) is 20.3 Å². The Balaban J connectivity index is 2.28. The lowest BCUT2D eigenvalue weighted by Crippen LogP contribution is -2.39. The van der Waals surface area contributed by atoms with Gasteiger partial charge in [-0.25, -0.2) is 0 Å². The summed E-state index contributed by atoms with van der Waals surface area (Å²) in [6.07, 6.45) is 2.44. The third-order valence-electron chi connectivity index (χ3n) is 3.38. The van der Waals surface area contributed by atoms with Gasteiger partial charge >= 0.3 is 0 Å². The van der Waals surface area contributed by atoms with E-state index in [0.29, 0.717) is 5.57 Å². The Kier molecular flexibility index (Phi) is 3.14. The van der Waals surface area contributed by atoms with Crippen LogP contribution in [0.25, 0.3) is 0 Å². The smallest absolute Gasteiger partial charge is 0.253 e. The third kappa shape index (κ3) is 2.03. The number of benzene rings is 1. The van der Waals surface area contributed by atoms with Crippen molar-refractivity contribution in [3.8, 4) is 0 Å². The predicted octanol–water partition coefficient (Wildman–Crippen LogP) is 2.87. The highest BCUT2D eigenvalue weighted by Crippen LogP contribution is 2.29. The maximum absolute atomic E-state index is 12.1. The molecule has 2 nitrogen and oxygen atoms in total. The van der Waals surface area contributed by atoms with Crippen LogP contribution in [0.5, 0.6) is 0 Å². The van der Waals surface area contributed by atoms with Crippen molar-refractivity contribution in [1.29, 1.82) is 0 Å². The number of carbonyl (C=O) groups excluding carboxylic acids is 1. The van der Waals surface area contributed by atoms with E-state index in [1.54, 1.807) is 0 Å². The van der Waals surface area contributed by atoms with Crippen LogP contribution in [-0.4, -0.2) is 17.4 Å². The summed E-state index contributed by atoms with van der Waals surface area (Å²) in [6.45, 7) is 10.1. The van der Waals surface area contributed by atoms with Crippen molar-refractivity contribution in [3.05, 3.63) is 60.2 Å². The Bertz CT molecular complexity index is 476. The molecule has 0 fully saturated rings. The molecular weight excluding hydrogens is 210 g/mol. The van der Waals surface area contributed by atoms with E-state index in [-0.39, 0.29) is 11.9 Å². The summed E-state index contributed by atoms with van der Waals surface area (Å²) in [4.78, 5) is 14.0. The molecule has 0 bridgehead atoms.